The molecule has 0 fully saturated rings. The molecular formula is C14H10N4O4-2. The molecule has 0 bridgehead atoms. The molecule has 0 amide bonds. The number of carboxylic acid groups (broad SMARTS) is 2. The number of aryl methyl sites for hydroxylation is 1. The number of carbonyl (C=O) groups excluding carboxylic acids is 2. The average Bonchev–Trinajstić information content (AvgIpc) is 2.47. The summed E-state index contributed by atoms with van der Waals surface area (Å²) in [5, 5.41) is 23.8. The molecule has 8 nitrogen and oxygen atoms in total. The highest BCUT2D eigenvalue weighted by Crippen LogP contribution is 2.17. The zero-order valence-electron chi connectivity index (χ0n) is 11.4. The van der Waals surface area contributed by atoms with Gasteiger partial charge in [-0.1, -0.05) is 0 Å². The van der Waals surface area contributed by atoms with Gasteiger partial charge in [-0.25, -0.2) is 9.97 Å². The zero-order valence-corrected chi connectivity index (χ0v) is 11.4. The van der Waals surface area contributed by atoms with Crippen molar-refractivity contribution in [2.24, 2.45) is 0 Å². The number of hydrogen-bond donors (Lipinski definition) is 1. The summed E-state index contributed by atoms with van der Waals surface area (Å²) in [6.45, 7) is 1.72. The maximum atomic E-state index is 10.6. The summed E-state index contributed by atoms with van der Waals surface area (Å²) in [5.74, 6) is -3.08. The first-order valence-electron chi connectivity index (χ1n) is 6.13. The smallest absolute Gasteiger partial charge is 0.161 e. The number of aliphatic carboxylic acids is 2. The third-order valence-corrected chi connectivity index (χ3v) is 2.60. The fourth-order valence-electron chi connectivity index (χ4n) is 1.62. The molecule has 0 aromatic carbocycles. The number of aromatic nitrogens is 3. The monoisotopic (exact) mass is 298 g/mol. The summed E-state index contributed by atoms with van der Waals surface area (Å²) in [7, 11) is 0. The quantitative estimate of drug-likeness (QED) is 0.407. The zero-order chi connectivity index (χ0) is 16.1. The summed E-state index contributed by atoms with van der Waals surface area (Å²) in [5.41, 5.74) is 0.314. The van der Waals surface area contributed by atoms with Gasteiger partial charge in [-0.3, -0.25) is 4.98 Å². The molecule has 112 valence electrons. The van der Waals surface area contributed by atoms with E-state index >= 15 is 0 Å². The van der Waals surface area contributed by atoms with Gasteiger partial charge < -0.3 is 25.1 Å². The van der Waals surface area contributed by atoms with Crippen LogP contribution in [0.15, 0.2) is 42.4 Å². The Morgan fingerprint density at radius 2 is 1.77 bits per heavy atom. The highest BCUT2D eigenvalue weighted by atomic mass is 16.4. The molecule has 2 rings (SSSR count). The largest absolute Gasteiger partial charge is 0.545 e. The number of anilines is 1. The minimum atomic E-state index is -1.85. The van der Waals surface area contributed by atoms with Crippen LogP contribution in [0.4, 0.5) is 5.82 Å². The standard InChI is InChI=1S/C14H12N4O4/c1-8-6-11(16-7-10(13(19)20)14(21)22)18-12(17-8)9-2-4-15-5-3-9/h2-7H,1H3,(H,19,20)(H,21,22)(H,16,17,18)/p-2. The molecule has 0 unspecified atom stereocenters. The molecule has 0 saturated carbocycles. The first-order valence-corrected chi connectivity index (χ1v) is 6.13. The van der Waals surface area contributed by atoms with E-state index in [-0.39, 0.29) is 5.82 Å². The van der Waals surface area contributed by atoms with Gasteiger partial charge in [0.25, 0.3) is 0 Å². The number of hydrogen-bond acceptors (Lipinski definition) is 8. The van der Waals surface area contributed by atoms with E-state index in [0.29, 0.717) is 17.1 Å². The maximum Gasteiger partial charge on any atom is 0.161 e. The molecule has 0 spiro atoms. The Morgan fingerprint density at radius 1 is 1.14 bits per heavy atom. The van der Waals surface area contributed by atoms with E-state index in [2.05, 4.69) is 20.3 Å². The Balaban J connectivity index is 2.33. The molecule has 0 aliphatic carbocycles. The fraction of sp³-hybridized carbons (Fsp3) is 0.0714. The van der Waals surface area contributed by atoms with Crippen LogP contribution in [0.2, 0.25) is 0 Å². The van der Waals surface area contributed by atoms with E-state index in [1.54, 1.807) is 31.5 Å². The maximum absolute atomic E-state index is 10.6. The second-order valence-electron chi connectivity index (χ2n) is 4.23. The van der Waals surface area contributed by atoms with Gasteiger partial charge in [-0.15, -0.1) is 0 Å². The summed E-state index contributed by atoms with van der Waals surface area (Å²) in [4.78, 5) is 33.6. The Kier molecular flexibility index (Phi) is 4.42. The van der Waals surface area contributed by atoms with Crippen molar-refractivity contribution in [1.29, 1.82) is 0 Å². The topological polar surface area (TPSA) is 131 Å². The average molecular weight is 298 g/mol. The molecule has 0 aliphatic rings. The van der Waals surface area contributed by atoms with Crippen LogP contribution in [-0.4, -0.2) is 26.9 Å². The van der Waals surface area contributed by atoms with Crippen molar-refractivity contribution in [3.8, 4) is 11.4 Å². The second kappa shape index (κ2) is 6.44. The number of carbonyl (C=O) groups is 2. The van der Waals surface area contributed by atoms with Crippen molar-refractivity contribution in [1.82, 2.24) is 15.0 Å². The first-order chi connectivity index (χ1) is 10.5. The Hall–Kier alpha value is -3.29. The fourth-order valence-corrected chi connectivity index (χ4v) is 1.62. The highest BCUT2D eigenvalue weighted by molar-refractivity contribution is 6.10. The third kappa shape index (κ3) is 3.63. The Labute approximate surface area is 125 Å². The van der Waals surface area contributed by atoms with E-state index in [4.69, 9.17) is 0 Å². The van der Waals surface area contributed by atoms with E-state index in [1.807, 2.05) is 0 Å². The van der Waals surface area contributed by atoms with Crippen LogP contribution in [0.25, 0.3) is 11.4 Å². The first kappa shape index (κ1) is 15.1. The van der Waals surface area contributed by atoms with Gasteiger partial charge in [0.05, 0.1) is 11.9 Å². The van der Waals surface area contributed by atoms with Crippen LogP contribution in [0.3, 0.4) is 0 Å². The lowest BCUT2D eigenvalue weighted by Gasteiger charge is -2.10. The lowest BCUT2D eigenvalue weighted by atomic mass is 10.2. The van der Waals surface area contributed by atoms with Crippen LogP contribution < -0.4 is 15.5 Å². The third-order valence-electron chi connectivity index (χ3n) is 2.60. The van der Waals surface area contributed by atoms with E-state index in [0.717, 1.165) is 6.20 Å². The molecule has 0 saturated heterocycles. The summed E-state index contributed by atoms with van der Waals surface area (Å²) < 4.78 is 0. The molecule has 1 N–H and O–H groups in total. The van der Waals surface area contributed by atoms with Crippen LogP contribution in [0, 0.1) is 6.92 Å². The number of rotatable bonds is 5. The van der Waals surface area contributed by atoms with Gasteiger partial charge in [0.15, 0.2) is 5.82 Å². The second-order valence-corrected chi connectivity index (χ2v) is 4.23. The molecular weight excluding hydrogens is 288 g/mol. The van der Waals surface area contributed by atoms with Gasteiger partial charge >= 0.3 is 0 Å². The van der Waals surface area contributed by atoms with E-state index < -0.39 is 17.5 Å². The lowest BCUT2D eigenvalue weighted by Crippen LogP contribution is -2.36. The minimum absolute atomic E-state index is 0.235. The van der Waals surface area contributed by atoms with Crippen molar-refractivity contribution in [2.45, 2.75) is 6.92 Å². The Morgan fingerprint density at radius 3 is 2.36 bits per heavy atom. The van der Waals surface area contributed by atoms with Gasteiger partial charge in [0.1, 0.15) is 5.82 Å². The molecule has 0 radical (unpaired) electrons. The van der Waals surface area contributed by atoms with Crippen molar-refractivity contribution in [3.05, 3.63) is 48.1 Å². The van der Waals surface area contributed by atoms with Crippen LogP contribution in [0.5, 0.6) is 0 Å². The van der Waals surface area contributed by atoms with Gasteiger partial charge in [-0.05, 0) is 19.1 Å². The van der Waals surface area contributed by atoms with Gasteiger partial charge in [0.2, 0.25) is 0 Å². The summed E-state index contributed by atoms with van der Waals surface area (Å²) in [6.07, 6.45) is 3.92. The number of nitrogens with one attached hydrogen (secondary N) is 1. The van der Waals surface area contributed by atoms with Crippen LogP contribution in [0.1, 0.15) is 5.69 Å². The highest BCUT2D eigenvalue weighted by Gasteiger charge is 2.05. The van der Waals surface area contributed by atoms with E-state index in [9.17, 15) is 19.8 Å². The van der Waals surface area contributed by atoms with Crippen LogP contribution >= 0.6 is 0 Å². The molecule has 22 heavy (non-hydrogen) atoms. The predicted octanol–water partition coefficient (Wildman–Crippen LogP) is -1.36. The molecule has 0 atom stereocenters. The molecule has 2 aromatic rings. The van der Waals surface area contributed by atoms with E-state index in [1.165, 1.54) is 6.07 Å². The number of pyridine rings is 1. The Bertz CT molecular complexity index is 728. The van der Waals surface area contributed by atoms with Crippen molar-refractivity contribution in [2.75, 3.05) is 5.32 Å². The SMILES string of the molecule is Cc1cc(NC=C(C(=O)[O-])C(=O)[O-])nc(-c2ccncc2)n1. The minimum Gasteiger partial charge on any atom is -0.545 e. The van der Waals surface area contributed by atoms with Crippen molar-refractivity contribution < 1.29 is 19.8 Å². The number of carboxylic acids is 2. The molecule has 8 heteroatoms. The summed E-state index contributed by atoms with van der Waals surface area (Å²) >= 11 is 0. The summed E-state index contributed by atoms with van der Waals surface area (Å²) in [6, 6.07) is 4.95. The van der Waals surface area contributed by atoms with Gasteiger partial charge in [0, 0.05) is 41.5 Å². The predicted molar refractivity (Wildman–Crippen MR) is 71.7 cm³/mol. The normalized spacial score (nSPS) is 9.86. The van der Waals surface area contributed by atoms with Crippen LogP contribution in [-0.2, 0) is 9.59 Å². The number of nitrogens with zero attached hydrogens (tertiary/aromatic N) is 3. The molecule has 0 aliphatic heterocycles. The van der Waals surface area contributed by atoms with Gasteiger partial charge in [-0.2, -0.15) is 0 Å². The van der Waals surface area contributed by atoms with Crippen molar-refractivity contribution in [3.63, 3.8) is 0 Å². The van der Waals surface area contributed by atoms with Crippen molar-refractivity contribution >= 4 is 17.8 Å². The lowest BCUT2D eigenvalue weighted by molar-refractivity contribution is -0.312. The molecule has 2 aromatic heterocycles. The molecule has 2 heterocycles.